The Kier molecular flexibility index (Phi) is 3.89. The van der Waals surface area contributed by atoms with E-state index >= 15 is 0 Å². The standard InChI is InChI=1S/C10H15NO2/c1-11-9(7-12)10(13)8-5-3-2-4-6-8/h2-6,9-13H,7H2,1H3/t9-,10-/m1/s1. The number of rotatable bonds is 4. The Morgan fingerprint density at radius 2 is 1.92 bits per heavy atom. The van der Waals surface area contributed by atoms with Gasteiger partial charge in [0.25, 0.3) is 0 Å². The number of hydrogen-bond donors (Lipinski definition) is 3. The van der Waals surface area contributed by atoms with Gasteiger partial charge in [0.15, 0.2) is 0 Å². The van der Waals surface area contributed by atoms with E-state index < -0.39 is 6.10 Å². The number of nitrogens with one attached hydrogen (secondary N) is 1. The van der Waals surface area contributed by atoms with E-state index in [4.69, 9.17) is 5.11 Å². The maximum absolute atomic E-state index is 9.76. The second-order valence-corrected chi connectivity index (χ2v) is 2.93. The molecule has 3 N–H and O–H groups in total. The first-order chi connectivity index (χ1) is 6.29. The van der Waals surface area contributed by atoms with Crippen LogP contribution in [0.2, 0.25) is 0 Å². The van der Waals surface area contributed by atoms with E-state index in [-0.39, 0.29) is 12.6 Å². The van der Waals surface area contributed by atoms with Gasteiger partial charge in [-0.25, -0.2) is 0 Å². The van der Waals surface area contributed by atoms with Crippen molar-refractivity contribution in [2.45, 2.75) is 12.1 Å². The van der Waals surface area contributed by atoms with Crippen molar-refractivity contribution in [2.24, 2.45) is 0 Å². The van der Waals surface area contributed by atoms with Crippen LogP contribution in [-0.2, 0) is 0 Å². The fourth-order valence-electron chi connectivity index (χ4n) is 1.23. The summed E-state index contributed by atoms with van der Waals surface area (Å²) in [6.45, 7) is -0.0768. The van der Waals surface area contributed by atoms with Crippen LogP contribution in [0, 0.1) is 0 Å². The Hall–Kier alpha value is -0.900. The third kappa shape index (κ3) is 2.52. The van der Waals surface area contributed by atoms with Crippen LogP contribution in [0.5, 0.6) is 0 Å². The van der Waals surface area contributed by atoms with Crippen LogP contribution in [-0.4, -0.2) is 29.9 Å². The Balaban J connectivity index is 2.72. The van der Waals surface area contributed by atoms with E-state index in [1.54, 1.807) is 7.05 Å². The first-order valence-electron chi connectivity index (χ1n) is 4.30. The smallest absolute Gasteiger partial charge is 0.0965 e. The highest BCUT2D eigenvalue weighted by molar-refractivity contribution is 5.18. The molecule has 0 unspecified atom stereocenters. The maximum atomic E-state index is 9.76. The van der Waals surface area contributed by atoms with Crippen LogP contribution in [0.3, 0.4) is 0 Å². The molecule has 0 spiro atoms. The zero-order valence-electron chi connectivity index (χ0n) is 7.64. The summed E-state index contributed by atoms with van der Waals surface area (Å²) in [5, 5.41) is 21.5. The van der Waals surface area contributed by atoms with Gasteiger partial charge in [0, 0.05) is 0 Å². The second kappa shape index (κ2) is 4.97. The number of aliphatic hydroxyl groups excluding tert-OH is 2. The lowest BCUT2D eigenvalue weighted by atomic mass is 10.0. The fraction of sp³-hybridized carbons (Fsp3) is 0.400. The Morgan fingerprint density at radius 3 is 2.38 bits per heavy atom. The quantitative estimate of drug-likeness (QED) is 0.626. The van der Waals surface area contributed by atoms with Crippen molar-refractivity contribution in [1.29, 1.82) is 0 Å². The molecular formula is C10H15NO2. The predicted molar refractivity (Wildman–Crippen MR) is 51.3 cm³/mol. The van der Waals surface area contributed by atoms with Crippen LogP contribution in [0.25, 0.3) is 0 Å². The van der Waals surface area contributed by atoms with E-state index in [0.717, 1.165) is 5.56 Å². The van der Waals surface area contributed by atoms with E-state index in [9.17, 15) is 5.11 Å². The van der Waals surface area contributed by atoms with Gasteiger partial charge in [-0.05, 0) is 12.6 Å². The molecule has 0 aliphatic heterocycles. The molecule has 1 aromatic carbocycles. The van der Waals surface area contributed by atoms with Crippen LogP contribution < -0.4 is 5.32 Å². The summed E-state index contributed by atoms with van der Waals surface area (Å²) in [4.78, 5) is 0. The lowest BCUT2D eigenvalue weighted by Crippen LogP contribution is -2.35. The second-order valence-electron chi connectivity index (χ2n) is 2.93. The van der Waals surface area contributed by atoms with Gasteiger partial charge < -0.3 is 15.5 Å². The lowest BCUT2D eigenvalue weighted by molar-refractivity contribution is 0.0942. The summed E-state index contributed by atoms with van der Waals surface area (Å²) in [7, 11) is 1.72. The highest BCUT2D eigenvalue weighted by atomic mass is 16.3. The molecule has 13 heavy (non-hydrogen) atoms. The molecule has 1 rings (SSSR count). The molecule has 0 aliphatic carbocycles. The Morgan fingerprint density at radius 1 is 1.31 bits per heavy atom. The van der Waals surface area contributed by atoms with Crippen molar-refractivity contribution in [3.8, 4) is 0 Å². The fourth-order valence-corrected chi connectivity index (χ4v) is 1.23. The van der Waals surface area contributed by atoms with Gasteiger partial charge in [0.1, 0.15) is 0 Å². The molecule has 0 fully saturated rings. The SMILES string of the molecule is CN[C@H](CO)[C@H](O)c1ccccc1. The van der Waals surface area contributed by atoms with Crippen LogP contribution in [0.1, 0.15) is 11.7 Å². The highest BCUT2D eigenvalue weighted by Gasteiger charge is 2.17. The van der Waals surface area contributed by atoms with E-state index in [0.29, 0.717) is 0 Å². The number of likely N-dealkylation sites (N-methyl/N-ethyl adjacent to an activating group) is 1. The van der Waals surface area contributed by atoms with Crippen LogP contribution in [0.15, 0.2) is 30.3 Å². The molecule has 0 aromatic heterocycles. The highest BCUT2D eigenvalue weighted by Crippen LogP contribution is 2.15. The topological polar surface area (TPSA) is 52.5 Å². The van der Waals surface area contributed by atoms with Gasteiger partial charge in [-0.1, -0.05) is 30.3 Å². The molecule has 0 heterocycles. The summed E-state index contributed by atoms with van der Waals surface area (Å²) in [6.07, 6.45) is -0.656. The Labute approximate surface area is 78.0 Å². The number of hydrogen-bond acceptors (Lipinski definition) is 3. The maximum Gasteiger partial charge on any atom is 0.0965 e. The molecule has 1 aromatic rings. The normalized spacial score (nSPS) is 15.3. The van der Waals surface area contributed by atoms with Gasteiger partial charge in [0.2, 0.25) is 0 Å². The average Bonchev–Trinajstić information content (AvgIpc) is 2.21. The molecule has 0 radical (unpaired) electrons. The van der Waals surface area contributed by atoms with Gasteiger partial charge >= 0.3 is 0 Å². The summed E-state index contributed by atoms with van der Waals surface area (Å²) in [5.74, 6) is 0. The number of benzene rings is 1. The molecule has 3 heteroatoms. The van der Waals surface area contributed by atoms with Crippen molar-refractivity contribution in [3.63, 3.8) is 0 Å². The van der Waals surface area contributed by atoms with E-state index in [2.05, 4.69) is 5.32 Å². The van der Waals surface area contributed by atoms with Crippen molar-refractivity contribution in [3.05, 3.63) is 35.9 Å². The van der Waals surface area contributed by atoms with Gasteiger partial charge in [-0.15, -0.1) is 0 Å². The first-order valence-corrected chi connectivity index (χ1v) is 4.30. The lowest BCUT2D eigenvalue weighted by Gasteiger charge is -2.20. The van der Waals surface area contributed by atoms with E-state index in [1.807, 2.05) is 30.3 Å². The van der Waals surface area contributed by atoms with Crippen molar-refractivity contribution < 1.29 is 10.2 Å². The van der Waals surface area contributed by atoms with Gasteiger partial charge in [-0.3, -0.25) is 0 Å². The molecule has 3 nitrogen and oxygen atoms in total. The zero-order chi connectivity index (χ0) is 9.68. The molecule has 0 saturated heterocycles. The minimum atomic E-state index is -0.656. The molecular weight excluding hydrogens is 166 g/mol. The zero-order valence-corrected chi connectivity index (χ0v) is 7.64. The first kappa shape index (κ1) is 10.2. The summed E-state index contributed by atoms with van der Waals surface area (Å²) in [6, 6.07) is 8.99. The van der Waals surface area contributed by atoms with Gasteiger partial charge in [0.05, 0.1) is 18.8 Å². The molecule has 0 bridgehead atoms. The van der Waals surface area contributed by atoms with Crippen LogP contribution in [0.4, 0.5) is 0 Å². The molecule has 72 valence electrons. The van der Waals surface area contributed by atoms with Crippen molar-refractivity contribution >= 4 is 0 Å². The molecule has 2 atom stereocenters. The molecule has 0 aliphatic rings. The van der Waals surface area contributed by atoms with E-state index in [1.165, 1.54) is 0 Å². The Bertz CT molecular complexity index is 234. The monoisotopic (exact) mass is 181 g/mol. The summed E-state index contributed by atoms with van der Waals surface area (Å²) in [5.41, 5.74) is 0.816. The summed E-state index contributed by atoms with van der Waals surface area (Å²) < 4.78 is 0. The summed E-state index contributed by atoms with van der Waals surface area (Å²) >= 11 is 0. The minimum absolute atomic E-state index is 0.0768. The number of aliphatic hydroxyl groups is 2. The largest absolute Gasteiger partial charge is 0.395 e. The minimum Gasteiger partial charge on any atom is -0.395 e. The third-order valence-corrected chi connectivity index (χ3v) is 2.09. The molecule has 0 amide bonds. The van der Waals surface area contributed by atoms with Gasteiger partial charge in [-0.2, -0.15) is 0 Å². The van der Waals surface area contributed by atoms with Crippen molar-refractivity contribution in [1.82, 2.24) is 5.32 Å². The molecule has 0 saturated carbocycles. The average molecular weight is 181 g/mol. The predicted octanol–water partition coefficient (Wildman–Crippen LogP) is 0.300. The van der Waals surface area contributed by atoms with Crippen LogP contribution >= 0.6 is 0 Å². The van der Waals surface area contributed by atoms with Crippen molar-refractivity contribution in [2.75, 3.05) is 13.7 Å². The third-order valence-electron chi connectivity index (χ3n) is 2.09.